The Bertz CT molecular complexity index is 553. The van der Waals surface area contributed by atoms with Crippen LogP contribution < -0.4 is 5.73 Å². The standard InChI is InChI=1S/C14H19N3/c1-9-5-6-12(10(2)7-9)14-13(8-15)17(4)11(3)16-14/h5-7H,8,15H2,1-4H3. The summed E-state index contributed by atoms with van der Waals surface area (Å²) in [6.07, 6.45) is 0. The van der Waals surface area contributed by atoms with Crippen molar-refractivity contribution in [3.63, 3.8) is 0 Å². The van der Waals surface area contributed by atoms with Gasteiger partial charge < -0.3 is 10.3 Å². The van der Waals surface area contributed by atoms with Crippen molar-refractivity contribution in [2.45, 2.75) is 27.3 Å². The summed E-state index contributed by atoms with van der Waals surface area (Å²) in [5.74, 6) is 1.00. The Labute approximate surface area is 102 Å². The maximum atomic E-state index is 5.82. The minimum absolute atomic E-state index is 0.514. The van der Waals surface area contributed by atoms with Crippen molar-refractivity contribution in [2.24, 2.45) is 12.8 Å². The summed E-state index contributed by atoms with van der Waals surface area (Å²) in [5, 5.41) is 0. The number of aromatic nitrogens is 2. The Kier molecular flexibility index (Phi) is 3.03. The number of hydrogen-bond donors (Lipinski definition) is 1. The minimum Gasteiger partial charge on any atom is -0.334 e. The van der Waals surface area contributed by atoms with Crippen LogP contribution in [0.4, 0.5) is 0 Å². The van der Waals surface area contributed by atoms with E-state index in [2.05, 4.69) is 41.6 Å². The number of rotatable bonds is 2. The molecule has 2 N–H and O–H groups in total. The van der Waals surface area contributed by atoms with Crippen LogP contribution in [0.2, 0.25) is 0 Å². The van der Waals surface area contributed by atoms with E-state index in [0.29, 0.717) is 6.54 Å². The highest BCUT2D eigenvalue weighted by Crippen LogP contribution is 2.26. The van der Waals surface area contributed by atoms with E-state index >= 15 is 0 Å². The fourth-order valence-electron chi connectivity index (χ4n) is 2.18. The molecule has 0 amide bonds. The maximum absolute atomic E-state index is 5.82. The van der Waals surface area contributed by atoms with Crippen LogP contribution in [0.25, 0.3) is 11.3 Å². The lowest BCUT2D eigenvalue weighted by atomic mass is 10.0. The molecule has 0 saturated heterocycles. The predicted molar refractivity (Wildman–Crippen MR) is 70.7 cm³/mol. The molecule has 0 aliphatic carbocycles. The Hall–Kier alpha value is -1.61. The molecule has 0 spiro atoms. The van der Waals surface area contributed by atoms with Gasteiger partial charge in [0.1, 0.15) is 5.82 Å². The number of benzene rings is 1. The third-order valence-electron chi connectivity index (χ3n) is 3.27. The van der Waals surface area contributed by atoms with E-state index in [4.69, 9.17) is 5.73 Å². The lowest BCUT2D eigenvalue weighted by Crippen LogP contribution is -2.05. The fourth-order valence-corrected chi connectivity index (χ4v) is 2.18. The quantitative estimate of drug-likeness (QED) is 0.859. The first-order chi connectivity index (χ1) is 8.04. The van der Waals surface area contributed by atoms with Gasteiger partial charge in [-0.15, -0.1) is 0 Å². The number of hydrogen-bond acceptors (Lipinski definition) is 2. The molecule has 0 aliphatic heterocycles. The van der Waals surface area contributed by atoms with Crippen LogP contribution in [0.15, 0.2) is 18.2 Å². The Morgan fingerprint density at radius 2 is 1.94 bits per heavy atom. The molecule has 3 heteroatoms. The van der Waals surface area contributed by atoms with Crippen LogP contribution in [-0.2, 0) is 13.6 Å². The van der Waals surface area contributed by atoms with Gasteiger partial charge in [-0.2, -0.15) is 0 Å². The Morgan fingerprint density at radius 1 is 1.24 bits per heavy atom. The van der Waals surface area contributed by atoms with E-state index in [1.165, 1.54) is 16.7 Å². The molecule has 0 aliphatic rings. The smallest absolute Gasteiger partial charge is 0.106 e. The molecule has 1 heterocycles. The number of aryl methyl sites for hydroxylation is 3. The van der Waals surface area contributed by atoms with Crippen LogP contribution in [0.5, 0.6) is 0 Å². The highest BCUT2D eigenvalue weighted by molar-refractivity contribution is 5.66. The fraction of sp³-hybridized carbons (Fsp3) is 0.357. The first-order valence-corrected chi connectivity index (χ1v) is 5.84. The normalized spacial score (nSPS) is 10.9. The van der Waals surface area contributed by atoms with Gasteiger partial charge in [-0.25, -0.2) is 4.98 Å². The van der Waals surface area contributed by atoms with E-state index in [0.717, 1.165) is 17.2 Å². The van der Waals surface area contributed by atoms with Gasteiger partial charge in [0.2, 0.25) is 0 Å². The maximum Gasteiger partial charge on any atom is 0.106 e. The van der Waals surface area contributed by atoms with Crippen LogP contribution in [0.3, 0.4) is 0 Å². The molecule has 2 rings (SSSR count). The predicted octanol–water partition coefficient (Wildman–Crippen LogP) is 2.47. The topological polar surface area (TPSA) is 43.8 Å². The minimum atomic E-state index is 0.514. The second-order valence-corrected chi connectivity index (χ2v) is 4.54. The van der Waals surface area contributed by atoms with E-state index < -0.39 is 0 Å². The van der Waals surface area contributed by atoms with Crippen LogP contribution in [0.1, 0.15) is 22.6 Å². The van der Waals surface area contributed by atoms with Crippen molar-refractivity contribution < 1.29 is 0 Å². The van der Waals surface area contributed by atoms with Gasteiger partial charge in [0.15, 0.2) is 0 Å². The van der Waals surface area contributed by atoms with Crippen LogP contribution in [-0.4, -0.2) is 9.55 Å². The molecule has 0 atom stereocenters. The van der Waals surface area contributed by atoms with Gasteiger partial charge >= 0.3 is 0 Å². The van der Waals surface area contributed by atoms with Gasteiger partial charge in [-0.1, -0.05) is 23.8 Å². The molecular formula is C14H19N3. The zero-order valence-electron chi connectivity index (χ0n) is 10.9. The van der Waals surface area contributed by atoms with Gasteiger partial charge in [0, 0.05) is 19.2 Å². The third-order valence-corrected chi connectivity index (χ3v) is 3.27. The number of nitrogens with zero attached hydrogens (tertiary/aromatic N) is 2. The van der Waals surface area contributed by atoms with Crippen molar-refractivity contribution in [3.8, 4) is 11.3 Å². The molecule has 2 aromatic rings. The summed E-state index contributed by atoms with van der Waals surface area (Å²) in [7, 11) is 2.01. The zero-order valence-corrected chi connectivity index (χ0v) is 10.9. The lowest BCUT2D eigenvalue weighted by molar-refractivity contribution is 0.789. The third kappa shape index (κ3) is 1.98. The SMILES string of the molecule is Cc1ccc(-c2nc(C)n(C)c2CN)c(C)c1. The molecule has 0 saturated carbocycles. The van der Waals surface area contributed by atoms with Crippen LogP contribution in [0, 0.1) is 20.8 Å². The average Bonchev–Trinajstić information content (AvgIpc) is 2.55. The Morgan fingerprint density at radius 3 is 2.53 bits per heavy atom. The Balaban J connectivity index is 2.64. The van der Waals surface area contributed by atoms with E-state index in [-0.39, 0.29) is 0 Å². The molecule has 3 nitrogen and oxygen atoms in total. The summed E-state index contributed by atoms with van der Waals surface area (Å²) < 4.78 is 2.06. The second-order valence-electron chi connectivity index (χ2n) is 4.54. The van der Waals surface area contributed by atoms with E-state index in [9.17, 15) is 0 Å². The molecule has 0 unspecified atom stereocenters. The van der Waals surface area contributed by atoms with Gasteiger partial charge in [-0.05, 0) is 26.3 Å². The van der Waals surface area contributed by atoms with Crippen molar-refractivity contribution in [1.29, 1.82) is 0 Å². The summed E-state index contributed by atoms with van der Waals surface area (Å²) in [6, 6.07) is 6.43. The molecule has 0 radical (unpaired) electrons. The highest BCUT2D eigenvalue weighted by atomic mass is 15.1. The monoisotopic (exact) mass is 229 g/mol. The summed E-state index contributed by atoms with van der Waals surface area (Å²) in [5.41, 5.74) is 11.6. The number of nitrogens with two attached hydrogens (primary N) is 1. The van der Waals surface area contributed by atoms with Gasteiger partial charge in [-0.3, -0.25) is 0 Å². The highest BCUT2D eigenvalue weighted by Gasteiger charge is 2.14. The summed E-state index contributed by atoms with van der Waals surface area (Å²) >= 11 is 0. The first-order valence-electron chi connectivity index (χ1n) is 5.84. The summed E-state index contributed by atoms with van der Waals surface area (Å²) in [6.45, 7) is 6.74. The first kappa shape index (κ1) is 11.9. The molecular weight excluding hydrogens is 210 g/mol. The molecule has 1 aromatic carbocycles. The van der Waals surface area contributed by atoms with Crippen molar-refractivity contribution in [3.05, 3.63) is 40.8 Å². The van der Waals surface area contributed by atoms with Gasteiger partial charge in [0.05, 0.1) is 11.4 Å². The van der Waals surface area contributed by atoms with Gasteiger partial charge in [0.25, 0.3) is 0 Å². The second kappa shape index (κ2) is 4.34. The molecule has 1 aromatic heterocycles. The summed E-state index contributed by atoms with van der Waals surface area (Å²) in [4.78, 5) is 4.62. The average molecular weight is 229 g/mol. The van der Waals surface area contributed by atoms with Crippen molar-refractivity contribution >= 4 is 0 Å². The van der Waals surface area contributed by atoms with Crippen molar-refractivity contribution in [1.82, 2.24) is 9.55 Å². The largest absolute Gasteiger partial charge is 0.334 e. The van der Waals surface area contributed by atoms with E-state index in [1.807, 2.05) is 14.0 Å². The molecule has 90 valence electrons. The number of imidazole rings is 1. The molecule has 0 bridgehead atoms. The zero-order chi connectivity index (χ0) is 12.6. The van der Waals surface area contributed by atoms with Crippen LogP contribution >= 0.6 is 0 Å². The van der Waals surface area contributed by atoms with Crippen molar-refractivity contribution in [2.75, 3.05) is 0 Å². The lowest BCUT2D eigenvalue weighted by Gasteiger charge is -2.07. The molecule has 0 fully saturated rings. The molecule has 17 heavy (non-hydrogen) atoms. The van der Waals surface area contributed by atoms with E-state index in [1.54, 1.807) is 0 Å².